The Kier molecular flexibility index (Phi) is 5.08. The quantitative estimate of drug-likeness (QED) is 0.885. The summed E-state index contributed by atoms with van der Waals surface area (Å²) < 4.78 is 11.4. The summed E-state index contributed by atoms with van der Waals surface area (Å²) >= 11 is 0. The van der Waals surface area contributed by atoms with Crippen LogP contribution in [0.1, 0.15) is 43.7 Å². The number of piperidine rings is 1. The van der Waals surface area contributed by atoms with Gasteiger partial charge in [0.15, 0.2) is 0 Å². The fourth-order valence-corrected chi connectivity index (χ4v) is 2.80. The molecule has 0 aromatic heterocycles. The van der Waals surface area contributed by atoms with E-state index in [4.69, 9.17) is 9.47 Å². The minimum Gasteiger partial charge on any atom is -0.496 e. The highest BCUT2D eigenvalue weighted by atomic mass is 16.5. The van der Waals surface area contributed by atoms with Crippen LogP contribution in [0.4, 0.5) is 0 Å². The van der Waals surface area contributed by atoms with Crippen LogP contribution in [-0.2, 0) is 6.42 Å². The Hall–Kier alpha value is -1.22. The Morgan fingerprint density at radius 2 is 2.11 bits per heavy atom. The van der Waals surface area contributed by atoms with E-state index >= 15 is 0 Å². The van der Waals surface area contributed by atoms with Gasteiger partial charge in [0.1, 0.15) is 11.5 Å². The van der Waals surface area contributed by atoms with Gasteiger partial charge in [-0.25, -0.2) is 0 Å². The van der Waals surface area contributed by atoms with Crippen LogP contribution in [-0.4, -0.2) is 26.8 Å². The summed E-state index contributed by atoms with van der Waals surface area (Å²) in [4.78, 5) is 0. The van der Waals surface area contributed by atoms with Crippen molar-refractivity contribution in [3.05, 3.63) is 23.3 Å². The number of rotatable bonds is 5. The first-order chi connectivity index (χ1) is 9.30. The molecule has 1 atom stereocenters. The molecule has 0 spiro atoms. The van der Waals surface area contributed by atoms with Gasteiger partial charge < -0.3 is 14.8 Å². The first kappa shape index (κ1) is 14.2. The topological polar surface area (TPSA) is 30.5 Å². The molecule has 3 nitrogen and oxygen atoms in total. The van der Waals surface area contributed by atoms with E-state index in [1.54, 1.807) is 7.11 Å². The van der Waals surface area contributed by atoms with Crippen molar-refractivity contribution in [2.24, 2.45) is 0 Å². The van der Waals surface area contributed by atoms with Gasteiger partial charge in [-0.1, -0.05) is 6.92 Å². The van der Waals surface area contributed by atoms with Crippen LogP contribution in [0.25, 0.3) is 0 Å². The average Bonchev–Trinajstić information content (AvgIpc) is 2.48. The van der Waals surface area contributed by atoms with E-state index in [0.717, 1.165) is 31.0 Å². The number of hydrogen-bond donors (Lipinski definition) is 1. The molecule has 1 saturated heterocycles. The minimum absolute atomic E-state index is 0.537. The summed E-state index contributed by atoms with van der Waals surface area (Å²) in [6.07, 6.45) is 3.42. The van der Waals surface area contributed by atoms with Crippen molar-refractivity contribution in [2.45, 2.75) is 39.0 Å². The van der Waals surface area contributed by atoms with E-state index in [2.05, 4.69) is 24.4 Å². The minimum atomic E-state index is 0.537. The fraction of sp³-hybridized carbons (Fsp3) is 0.625. The molecule has 3 heteroatoms. The predicted molar refractivity (Wildman–Crippen MR) is 78.4 cm³/mol. The molecule has 19 heavy (non-hydrogen) atoms. The molecule has 1 aromatic carbocycles. The van der Waals surface area contributed by atoms with E-state index in [1.807, 2.05) is 6.92 Å². The highest BCUT2D eigenvalue weighted by Gasteiger charge is 2.21. The van der Waals surface area contributed by atoms with Crippen LogP contribution in [0, 0.1) is 0 Å². The maximum Gasteiger partial charge on any atom is 0.123 e. The second kappa shape index (κ2) is 6.80. The van der Waals surface area contributed by atoms with Crippen LogP contribution in [0.15, 0.2) is 12.1 Å². The first-order valence-electron chi connectivity index (χ1n) is 7.34. The van der Waals surface area contributed by atoms with Crippen LogP contribution < -0.4 is 14.8 Å². The SMILES string of the molecule is CCOc1cc(CC)c(OC)cc1C1CCCNC1. The summed E-state index contributed by atoms with van der Waals surface area (Å²) in [5.41, 5.74) is 2.52. The second-order valence-corrected chi connectivity index (χ2v) is 5.03. The van der Waals surface area contributed by atoms with Crippen LogP contribution in [0.5, 0.6) is 11.5 Å². The molecular weight excluding hydrogens is 238 g/mol. The number of ether oxygens (including phenoxy) is 2. The third kappa shape index (κ3) is 3.21. The summed E-state index contributed by atoms with van der Waals surface area (Å²) in [6, 6.07) is 4.34. The van der Waals surface area contributed by atoms with Crippen molar-refractivity contribution in [1.82, 2.24) is 5.32 Å². The van der Waals surface area contributed by atoms with E-state index in [-0.39, 0.29) is 0 Å². The van der Waals surface area contributed by atoms with E-state index in [0.29, 0.717) is 12.5 Å². The van der Waals surface area contributed by atoms with E-state index in [9.17, 15) is 0 Å². The molecule has 0 bridgehead atoms. The van der Waals surface area contributed by atoms with Gasteiger partial charge in [0.2, 0.25) is 0 Å². The van der Waals surface area contributed by atoms with Crippen LogP contribution in [0.2, 0.25) is 0 Å². The molecular formula is C16H25NO2. The Bertz CT molecular complexity index is 411. The zero-order chi connectivity index (χ0) is 13.7. The Balaban J connectivity index is 2.37. The highest BCUT2D eigenvalue weighted by molar-refractivity contribution is 5.48. The molecule has 2 rings (SSSR count). The maximum absolute atomic E-state index is 5.85. The van der Waals surface area contributed by atoms with E-state index in [1.165, 1.54) is 24.0 Å². The third-order valence-electron chi connectivity index (χ3n) is 3.83. The van der Waals surface area contributed by atoms with Gasteiger partial charge in [-0.3, -0.25) is 0 Å². The normalized spacial score (nSPS) is 19.2. The highest BCUT2D eigenvalue weighted by Crippen LogP contribution is 2.36. The monoisotopic (exact) mass is 263 g/mol. The Labute approximate surface area is 116 Å². The molecule has 0 amide bonds. The lowest BCUT2D eigenvalue weighted by atomic mass is 9.89. The molecule has 0 radical (unpaired) electrons. The molecule has 106 valence electrons. The summed E-state index contributed by atoms with van der Waals surface area (Å²) in [5.74, 6) is 2.57. The zero-order valence-electron chi connectivity index (χ0n) is 12.3. The second-order valence-electron chi connectivity index (χ2n) is 5.03. The number of benzene rings is 1. The number of aryl methyl sites for hydroxylation is 1. The largest absolute Gasteiger partial charge is 0.496 e. The third-order valence-corrected chi connectivity index (χ3v) is 3.83. The van der Waals surface area contributed by atoms with Gasteiger partial charge in [0, 0.05) is 18.0 Å². The Morgan fingerprint density at radius 1 is 1.26 bits per heavy atom. The van der Waals surface area contributed by atoms with Gasteiger partial charge in [-0.2, -0.15) is 0 Å². The zero-order valence-corrected chi connectivity index (χ0v) is 12.3. The average molecular weight is 263 g/mol. The van der Waals surface area contributed by atoms with Gasteiger partial charge >= 0.3 is 0 Å². The first-order valence-corrected chi connectivity index (χ1v) is 7.34. The van der Waals surface area contributed by atoms with Crippen LogP contribution >= 0.6 is 0 Å². The van der Waals surface area contributed by atoms with Crippen molar-refractivity contribution in [1.29, 1.82) is 0 Å². The fourth-order valence-electron chi connectivity index (χ4n) is 2.80. The molecule has 0 saturated carbocycles. The molecule has 1 aliphatic rings. The maximum atomic E-state index is 5.85. The number of hydrogen-bond acceptors (Lipinski definition) is 3. The lowest BCUT2D eigenvalue weighted by Crippen LogP contribution is -2.28. The number of methoxy groups -OCH3 is 1. The Morgan fingerprint density at radius 3 is 2.68 bits per heavy atom. The van der Waals surface area contributed by atoms with Crippen molar-refractivity contribution >= 4 is 0 Å². The molecule has 1 unspecified atom stereocenters. The molecule has 1 aromatic rings. The van der Waals surface area contributed by atoms with Crippen LogP contribution in [0.3, 0.4) is 0 Å². The van der Waals surface area contributed by atoms with Crippen molar-refractivity contribution < 1.29 is 9.47 Å². The molecule has 0 aliphatic carbocycles. The lowest BCUT2D eigenvalue weighted by Gasteiger charge is -2.26. The molecule has 1 N–H and O–H groups in total. The lowest BCUT2D eigenvalue weighted by molar-refractivity contribution is 0.327. The van der Waals surface area contributed by atoms with Crippen molar-refractivity contribution in [3.8, 4) is 11.5 Å². The van der Waals surface area contributed by atoms with Crippen molar-refractivity contribution in [3.63, 3.8) is 0 Å². The smallest absolute Gasteiger partial charge is 0.123 e. The van der Waals surface area contributed by atoms with Gasteiger partial charge in [0.05, 0.1) is 13.7 Å². The van der Waals surface area contributed by atoms with Gasteiger partial charge in [-0.15, -0.1) is 0 Å². The molecule has 1 fully saturated rings. The number of nitrogens with one attached hydrogen (secondary N) is 1. The van der Waals surface area contributed by atoms with E-state index < -0.39 is 0 Å². The van der Waals surface area contributed by atoms with Gasteiger partial charge in [-0.05, 0) is 50.4 Å². The summed E-state index contributed by atoms with van der Waals surface area (Å²) in [5, 5.41) is 3.47. The van der Waals surface area contributed by atoms with Gasteiger partial charge in [0.25, 0.3) is 0 Å². The standard InChI is InChI=1S/C16H25NO2/c1-4-12-9-16(19-5-2)14(10-15(12)18-3)13-7-6-8-17-11-13/h9-10,13,17H,4-8,11H2,1-3H3. The van der Waals surface area contributed by atoms with Crippen molar-refractivity contribution in [2.75, 3.05) is 26.8 Å². The summed E-state index contributed by atoms with van der Waals surface area (Å²) in [7, 11) is 1.75. The summed E-state index contributed by atoms with van der Waals surface area (Å²) in [6.45, 7) is 7.07. The predicted octanol–water partition coefficient (Wildman–Crippen LogP) is 3.12. The molecule has 1 aliphatic heterocycles. The molecule has 1 heterocycles.